The van der Waals surface area contributed by atoms with Crippen LogP contribution >= 0.6 is 11.8 Å². The zero-order chi connectivity index (χ0) is 30.7. The molecular formula is C32H48N2O8S. The number of aldehydes is 1. The van der Waals surface area contributed by atoms with Crippen molar-refractivity contribution in [3.8, 4) is 5.75 Å². The molecule has 2 aliphatic rings. The van der Waals surface area contributed by atoms with Crippen molar-refractivity contribution < 1.29 is 38.1 Å². The molecule has 0 spiro atoms. The SMILES string of the molecule is Nc1cc(OCC(=O)CCCCOCCOCCOCCCCC(=O)CCCCC2SCC3CC(=O)NC32)ccc1C=O. The average Bonchev–Trinajstić information content (AvgIpc) is 3.55. The second kappa shape index (κ2) is 20.5. The van der Waals surface area contributed by atoms with Crippen molar-refractivity contribution in [1.29, 1.82) is 0 Å². The Kier molecular flexibility index (Phi) is 16.7. The van der Waals surface area contributed by atoms with Crippen molar-refractivity contribution in [2.75, 3.05) is 57.7 Å². The molecule has 2 fully saturated rings. The number of nitrogens with one attached hydrogen (secondary N) is 1. The molecule has 0 aliphatic carbocycles. The summed E-state index contributed by atoms with van der Waals surface area (Å²) in [4.78, 5) is 46.5. The second-order valence-electron chi connectivity index (χ2n) is 11.2. The molecule has 1 aromatic rings. The van der Waals surface area contributed by atoms with Gasteiger partial charge in [0.2, 0.25) is 5.91 Å². The van der Waals surface area contributed by atoms with Crippen LogP contribution in [-0.2, 0) is 28.6 Å². The molecule has 2 aliphatic heterocycles. The molecule has 1 aromatic carbocycles. The highest BCUT2D eigenvalue weighted by molar-refractivity contribution is 8.00. The molecule has 3 atom stereocenters. The first-order valence-electron chi connectivity index (χ1n) is 15.6. The molecule has 240 valence electrons. The second-order valence-corrected chi connectivity index (χ2v) is 12.5. The number of carbonyl (C=O) groups is 4. The molecule has 11 heteroatoms. The number of rotatable bonds is 25. The minimum absolute atomic E-state index is 0.00193. The zero-order valence-corrected chi connectivity index (χ0v) is 26.0. The van der Waals surface area contributed by atoms with E-state index >= 15 is 0 Å². The summed E-state index contributed by atoms with van der Waals surface area (Å²) < 4.78 is 22.1. The van der Waals surface area contributed by atoms with E-state index in [9.17, 15) is 19.2 Å². The Labute approximate surface area is 259 Å². The molecule has 2 heterocycles. The van der Waals surface area contributed by atoms with E-state index in [1.54, 1.807) is 12.1 Å². The van der Waals surface area contributed by atoms with E-state index < -0.39 is 0 Å². The van der Waals surface area contributed by atoms with Crippen molar-refractivity contribution >= 4 is 41.2 Å². The van der Waals surface area contributed by atoms with Gasteiger partial charge >= 0.3 is 0 Å². The van der Waals surface area contributed by atoms with Gasteiger partial charge in [-0.25, -0.2) is 0 Å². The van der Waals surface area contributed by atoms with Gasteiger partial charge in [-0.15, -0.1) is 0 Å². The Hall–Kier alpha value is -2.47. The number of Topliss-reactive ketones (excluding diaryl/α,β-unsaturated/α-hetero) is 2. The summed E-state index contributed by atoms with van der Waals surface area (Å²) in [5, 5.41) is 3.64. The zero-order valence-electron chi connectivity index (χ0n) is 25.2. The van der Waals surface area contributed by atoms with Crippen LogP contribution in [0.2, 0.25) is 0 Å². The van der Waals surface area contributed by atoms with Gasteiger partial charge in [0.1, 0.15) is 18.1 Å². The van der Waals surface area contributed by atoms with Gasteiger partial charge < -0.3 is 30.0 Å². The fourth-order valence-electron chi connectivity index (χ4n) is 5.27. The van der Waals surface area contributed by atoms with Crippen molar-refractivity contribution in [2.45, 2.75) is 81.9 Å². The number of thioether (sulfide) groups is 1. The number of ether oxygens (including phenoxy) is 4. The predicted molar refractivity (Wildman–Crippen MR) is 167 cm³/mol. The van der Waals surface area contributed by atoms with Crippen molar-refractivity contribution in [3.05, 3.63) is 23.8 Å². The lowest BCUT2D eigenvalue weighted by atomic mass is 9.97. The number of nitrogen functional groups attached to an aromatic ring is 1. The molecular weight excluding hydrogens is 572 g/mol. The minimum Gasteiger partial charge on any atom is -0.486 e. The molecule has 3 N–H and O–H groups in total. The maximum atomic E-state index is 12.1. The van der Waals surface area contributed by atoms with Crippen LogP contribution in [0.5, 0.6) is 5.75 Å². The van der Waals surface area contributed by atoms with Gasteiger partial charge in [0.15, 0.2) is 12.1 Å². The van der Waals surface area contributed by atoms with Crippen LogP contribution in [0.4, 0.5) is 5.69 Å². The fraction of sp³-hybridized carbons (Fsp3) is 0.688. The largest absolute Gasteiger partial charge is 0.486 e. The number of amides is 1. The van der Waals surface area contributed by atoms with Crippen LogP contribution < -0.4 is 15.8 Å². The highest BCUT2D eigenvalue weighted by Gasteiger charge is 2.42. The topological polar surface area (TPSA) is 143 Å². The number of anilines is 1. The molecule has 1 amide bonds. The third-order valence-corrected chi connectivity index (χ3v) is 9.30. The quantitative estimate of drug-likeness (QED) is 0.0929. The molecule has 43 heavy (non-hydrogen) atoms. The predicted octanol–water partition coefficient (Wildman–Crippen LogP) is 4.17. The number of fused-ring (bicyclic) bond motifs is 1. The van der Waals surface area contributed by atoms with E-state index in [1.165, 1.54) is 6.07 Å². The number of benzene rings is 1. The number of hydrogen-bond donors (Lipinski definition) is 2. The maximum Gasteiger partial charge on any atom is 0.220 e. The summed E-state index contributed by atoms with van der Waals surface area (Å²) in [6.07, 6.45) is 9.33. The minimum atomic E-state index is -0.0282. The summed E-state index contributed by atoms with van der Waals surface area (Å²) in [6, 6.07) is 5.08. The van der Waals surface area contributed by atoms with E-state index in [0.717, 1.165) is 50.7 Å². The molecule has 0 aromatic heterocycles. The van der Waals surface area contributed by atoms with Gasteiger partial charge in [-0.1, -0.05) is 6.42 Å². The molecule has 0 bridgehead atoms. The van der Waals surface area contributed by atoms with E-state index in [0.29, 0.717) is 112 Å². The van der Waals surface area contributed by atoms with Gasteiger partial charge in [0.05, 0.1) is 26.4 Å². The Morgan fingerprint density at radius 3 is 2.16 bits per heavy atom. The van der Waals surface area contributed by atoms with Gasteiger partial charge in [0.25, 0.3) is 0 Å². The number of carbonyl (C=O) groups excluding carboxylic acids is 4. The highest BCUT2D eigenvalue weighted by Crippen LogP contribution is 2.39. The Balaban J connectivity index is 1.01. The fourth-order valence-corrected chi connectivity index (χ4v) is 6.92. The van der Waals surface area contributed by atoms with Crippen molar-refractivity contribution in [2.24, 2.45) is 5.92 Å². The Bertz CT molecular complexity index is 1020. The first kappa shape index (κ1) is 35.0. The van der Waals surface area contributed by atoms with Gasteiger partial charge in [0, 0.05) is 67.5 Å². The molecule has 3 rings (SSSR count). The lowest BCUT2D eigenvalue weighted by Crippen LogP contribution is -2.34. The van der Waals surface area contributed by atoms with Gasteiger partial charge in [-0.2, -0.15) is 11.8 Å². The van der Waals surface area contributed by atoms with Crippen LogP contribution in [0.25, 0.3) is 0 Å². The van der Waals surface area contributed by atoms with Crippen molar-refractivity contribution in [1.82, 2.24) is 5.32 Å². The van der Waals surface area contributed by atoms with Gasteiger partial charge in [-0.05, 0) is 62.3 Å². The van der Waals surface area contributed by atoms with Crippen LogP contribution in [0.15, 0.2) is 18.2 Å². The molecule has 10 nitrogen and oxygen atoms in total. The maximum absolute atomic E-state index is 12.1. The lowest BCUT2D eigenvalue weighted by Gasteiger charge is -2.17. The van der Waals surface area contributed by atoms with Crippen LogP contribution in [-0.4, -0.2) is 87.1 Å². The average molecular weight is 621 g/mol. The first-order valence-corrected chi connectivity index (χ1v) is 16.7. The number of hydrogen-bond acceptors (Lipinski definition) is 10. The summed E-state index contributed by atoms with van der Waals surface area (Å²) >= 11 is 1.98. The van der Waals surface area contributed by atoms with E-state index in [-0.39, 0.29) is 18.3 Å². The Morgan fingerprint density at radius 2 is 1.51 bits per heavy atom. The van der Waals surface area contributed by atoms with Crippen LogP contribution in [0, 0.1) is 5.92 Å². The molecule has 0 radical (unpaired) electrons. The standard InChI is InChI=1S/C32H48N2O8S/c33-29-20-28(12-11-24(29)21-35)42-22-27(37)9-4-6-14-40-16-18-41-17-15-39-13-5-3-8-26(36)7-1-2-10-30-32-25(23-43-30)19-31(38)34-32/h11-12,20-21,25,30,32H,1-10,13-19,22-23,33H2,(H,34,38). The number of nitrogens with two attached hydrogens (primary N) is 1. The van der Waals surface area contributed by atoms with E-state index in [4.69, 9.17) is 24.7 Å². The molecule has 3 unspecified atom stereocenters. The van der Waals surface area contributed by atoms with Crippen LogP contribution in [0.3, 0.4) is 0 Å². The van der Waals surface area contributed by atoms with Gasteiger partial charge in [-0.3, -0.25) is 19.2 Å². The van der Waals surface area contributed by atoms with Crippen LogP contribution in [0.1, 0.15) is 81.0 Å². The first-order chi connectivity index (χ1) is 21.0. The smallest absolute Gasteiger partial charge is 0.220 e. The summed E-state index contributed by atoms with van der Waals surface area (Å²) in [7, 11) is 0. The monoisotopic (exact) mass is 620 g/mol. The third kappa shape index (κ3) is 13.8. The third-order valence-electron chi connectivity index (χ3n) is 7.72. The molecule has 0 saturated carbocycles. The van der Waals surface area contributed by atoms with Crippen molar-refractivity contribution in [3.63, 3.8) is 0 Å². The van der Waals surface area contributed by atoms with E-state index in [1.807, 2.05) is 11.8 Å². The summed E-state index contributed by atoms with van der Waals surface area (Å²) in [6.45, 7) is 3.18. The number of unbranched alkanes of at least 4 members (excludes halogenated alkanes) is 3. The Morgan fingerprint density at radius 1 is 0.884 bits per heavy atom. The normalized spacial score (nSPS) is 19.3. The summed E-state index contributed by atoms with van der Waals surface area (Å²) in [5.41, 5.74) is 6.46. The highest BCUT2D eigenvalue weighted by atomic mass is 32.2. The lowest BCUT2D eigenvalue weighted by molar-refractivity contribution is -0.121. The number of ketones is 2. The summed E-state index contributed by atoms with van der Waals surface area (Å²) in [5.74, 6) is 2.59. The molecule has 2 saturated heterocycles. The van der Waals surface area contributed by atoms with E-state index in [2.05, 4.69) is 5.32 Å².